The average Bonchev–Trinajstić information content (AvgIpc) is 3.05. The summed E-state index contributed by atoms with van der Waals surface area (Å²) in [6.45, 7) is 10.2. The Balaban J connectivity index is 2.42. The van der Waals surface area contributed by atoms with E-state index in [9.17, 15) is 14.7 Å². The van der Waals surface area contributed by atoms with Gasteiger partial charge < -0.3 is 15.7 Å². The van der Waals surface area contributed by atoms with Crippen molar-refractivity contribution in [1.29, 1.82) is 0 Å². The third kappa shape index (κ3) is 5.80. The van der Waals surface area contributed by atoms with Crippen molar-refractivity contribution in [3.63, 3.8) is 0 Å². The lowest BCUT2D eigenvalue weighted by molar-refractivity contribution is -0.142. The quantitative estimate of drug-likeness (QED) is 0.701. The molecule has 5 heteroatoms. The van der Waals surface area contributed by atoms with E-state index < -0.39 is 11.9 Å². The zero-order valence-corrected chi connectivity index (χ0v) is 13.2. The Morgan fingerprint density at radius 1 is 1.20 bits per heavy atom. The van der Waals surface area contributed by atoms with Gasteiger partial charge in [-0.05, 0) is 44.4 Å². The van der Waals surface area contributed by atoms with Gasteiger partial charge in [0.2, 0.25) is 0 Å². The Morgan fingerprint density at radius 3 is 2.15 bits per heavy atom. The summed E-state index contributed by atoms with van der Waals surface area (Å²) < 4.78 is 0. The summed E-state index contributed by atoms with van der Waals surface area (Å²) in [6, 6.07) is -0.276. The Kier molecular flexibility index (Phi) is 5.05. The molecule has 1 saturated carbocycles. The zero-order valence-electron chi connectivity index (χ0n) is 13.2. The van der Waals surface area contributed by atoms with Crippen molar-refractivity contribution >= 4 is 12.0 Å². The largest absolute Gasteiger partial charge is 0.481 e. The third-order valence-corrected chi connectivity index (χ3v) is 3.75. The number of hydrogen-bond donors (Lipinski definition) is 3. The number of amides is 2. The van der Waals surface area contributed by atoms with Crippen LogP contribution in [0.1, 0.15) is 53.9 Å². The summed E-state index contributed by atoms with van der Waals surface area (Å²) in [6.07, 6.45) is 2.83. The summed E-state index contributed by atoms with van der Waals surface area (Å²) in [4.78, 5) is 23.1. The normalized spacial score (nSPS) is 17.4. The highest BCUT2D eigenvalue weighted by Crippen LogP contribution is 2.39. The lowest BCUT2D eigenvalue weighted by atomic mass is 9.84. The predicted octanol–water partition coefficient (Wildman–Crippen LogP) is 2.61. The van der Waals surface area contributed by atoms with Gasteiger partial charge in [-0.2, -0.15) is 0 Å². The lowest BCUT2D eigenvalue weighted by Crippen LogP contribution is -2.51. The highest BCUT2D eigenvalue weighted by atomic mass is 16.4. The van der Waals surface area contributed by atoms with Crippen LogP contribution in [0.15, 0.2) is 0 Å². The molecule has 0 aromatic rings. The van der Waals surface area contributed by atoms with Crippen LogP contribution in [0.25, 0.3) is 0 Å². The molecule has 20 heavy (non-hydrogen) atoms. The molecule has 1 aliphatic rings. The standard InChI is InChI=1S/C15H28N2O3/c1-14(2,3)8-10(12(18)19)9-16-13(20)17-15(4,5)11-6-7-11/h10-11H,6-9H2,1-5H3,(H,18,19)(H2,16,17,20). The van der Waals surface area contributed by atoms with Crippen LogP contribution < -0.4 is 10.6 Å². The van der Waals surface area contributed by atoms with Crippen molar-refractivity contribution in [2.45, 2.75) is 59.4 Å². The second-order valence-corrected chi connectivity index (χ2v) is 7.63. The molecule has 1 fully saturated rings. The minimum absolute atomic E-state index is 0.0749. The Labute approximate surface area is 121 Å². The molecule has 0 aliphatic heterocycles. The van der Waals surface area contributed by atoms with Crippen LogP contribution in [0, 0.1) is 17.3 Å². The van der Waals surface area contributed by atoms with Crippen LogP contribution in [0.3, 0.4) is 0 Å². The molecular formula is C15H28N2O3. The molecule has 1 rings (SSSR count). The van der Waals surface area contributed by atoms with E-state index >= 15 is 0 Å². The minimum Gasteiger partial charge on any atom is -0.481 e. The van der Waals surface area contributed by atoms with Crippen LogP contribution in [-0.2, 0) is 4.79 Å². The molecule has 0 heterocycles. The summed E-state index contributed by atoms with van der Waals surface area (Å²) in [5.41, 5.74) is -0.290. The molecule has 1 aliphatic carbocycles. The Morgan fingerprint density at radius 2 is 1.75 bits per heavy atom. The fourth-order valence-corrected chi connectivity index (χ4v) is 2.45. The Hall–Kier alpha value is -1.26. The molecule has 0 spiro atoms. The van der Waals surface area contributed by atoms with Crippen molar-refractivity contribution in [3.05, 3.63) is 0 Å². The number of carboxylic acids is 1. The van der Waals surface area contributed by atoms with Gasteiger partial charge in [-0.1, -0.05) is 20.8 Å². The number of urea groups is 1. The average molecular weight is 284 g/mol. The molecule has 0 radical (unpaired) electrons. The fraction of sp³-hybridized carbons (Fsp3) is 0.867. The first-order valence-electron chi connectivity index (χ1n) is 7.30. The maximum atomic E-state index is 11.9. The first-order valence-corrected chi connectivity index (χ1v) is 7.30. The first kappa shape index (κ1) is 16.8. The summed E-state index contributed by atoms with van der Waals surface area (Å²) in [5, 5.41) is 14.8. The topological polar surface area (TPSA) is 78.4 Å². The van der Waals surface area contributed by atoms with Gasteiger partial charge in [-0.15, -0.1) is 0 Å². The number of rotatable bonds is 6. The van der Waals surface area contributed by atoms with Gasteiger partial charge in [0.25, 0.3) is 0 Å². The zero-order chi connectivity index (χ0) is 15.6. The first-order chi connectivity index (χ1) is 9.01. The molecule has 0 saturated heterocycles. The van der Waals surface area contributed by atoms with Gasteiger partial charge in [-0.3, -0.25) is 4.79 Å². The Bertz CT molecular complexity index is 368. The minimum atomic E-state index is -0.860. The van der Waals surface area contributed by atoms with Crippen molar-refractivity contribution in [3.8, 4) is 0 Å². The fourth-order valence-electron chi connectivity index (χ4n) is 2.45. The maximum Gasteiger partial charge on any atom is 0.315 e. The van der Waals surface area contributed by atoms with Gasteiger partial charge in [0.05, 0.1) is 5.92 Å². The number of aliphatic carboxylic acids is 1. The van der Waals surface area contributed by atoms with Gasteiger partial charge in [-0.25, -0.2) is 4.79 Å². The van der Waals surface area contributed by atoms with E-state index in [1.165, 1.54) is 0 Å². The molecule has 0 aromatic heterocycles. The number of hydrogen-bond acceptors (Lipinski definition) is 2. The molecule has 3 N–H and O–H groups in total. The van der Waals surface area contributed by atoms with Crippen LogP contribution in [-0.4, -0.2) is 29.2 Å². The van der Waals surface area contributed by atoms with E-state index in [4.69, 9.17) is 0 Å². The summed E-state index contributed by atoms with van der Waals surface area (Å²) in [5.74, 6) is -0.871. The smallest absolute Gasteiger partial charge is 0.315 e. The monoisotopic (exact) mass is 284 g/mol. The van der Waals surface area contributed by atoms with E-state index in [-0.39, 0.29) is 23.5 Å². The van der Waals surface area contributed by atoms with Gasteiger partial charge in [0.15, 0.2) is 0 Å². The molecule has 2 amide bonds. The highest BCUT2D eigenvalue weighted by molar-refractivity contribution is 5.76. The molecule has 1 unspecified atom stereocenters. The van der Waals surface area contributed by atoms with Crippen molar-refractivity contribution in [2.24, 2.45) is 17.3 Å². The van der Waals surface area contributed by atoms with E-state index in [0.717, 1.165) is 12.8 Å². The van der Waals surface area contributed by atoms with Gasteiger partial charge in [0, 0.05) is 12.1 Å². The maximum absolute atomic E-state index is 11.9. The van der Waals surface area contributed by atoms with Gasteiger partial charge >= 0.3 is 12.0 Å². The lowest BCUT2D eigenvalue weighted by Gasteiger charge is -2.27. The van der Waals surface area contributed by atoms with E-state index in [2.05, 4.69) is 10.6 Å². The predicted molar refractivity (Wildman–Crippen MR) is 78.5 cm³/mol. The van der Waals surface area contributed by atoms with Crippen LogP contribution >= 0.6 is 0 Å². The summed E-state index contributed by atoms with van der Waals surface area (Å²) in [7, 11) is 0. The van der Waals surface area contributed by atoms with Gasteiger partial charge in [0.1, 0.15) is 0 Å². The van der Waals surface area contributed by atoms with E-state index in [1.807, 2.05) is 34.6 Å². The van der Waals surface area contributed by atoms with Crippen molar-refractivity contribution < 1.29 is 14.7 Å². The number of carbonyl (C=O) groups excluding carboxylic acids is 1. The molecule has 0 bridgehead atoms. The van der Waals surface area contributed by atoms with E-state index in [0.29, 0.717) is 12.3 Å². The molecule has 5 nitrogen and oxygen atoms in total. The number of carbonyl (C=O) groups is 2. The molecular weight excluding hydrogens is 256 g/mol. The second-order valence-electron chi connectivity index (χ2n) is 7.63. The van der Waals surface area contributed by atoms with Crippen LogP contribution in [0.2, 0.25) is 0 Å². The van der Waals surface area contributed by atoms with Crippen LogP contribution in [0.5, 0.6) is 0 Å². The van der Waals surface area contributed by atoms with Crippen LogP contribution in [0.4, 0.5) is 4.79 Å². The SMILES string of the molecule is CC(C)(C)CC(CNC(=O)NC(C)(C)C1CC1)C(=O)O. The molecule has 0 aromatic carbocycles. The number of carboxylic acid groups (broad SMARTS) is 1. The molecule has 116 valence electrons. The number of nitrogens with one attached hydrogen (secondary N) is 2. The van der Waals surface area contributed by atoms with E-state index in [1.54, 1.807) is 0 Å². The molecule has 1 atom stereocenters. The van der Waals surface area contributed by atoms with Crippen molar-refractivity contribution in [1.82, 2.24) is 10.6 Å². The second kappa shape index (κ2) is 6.02. The third-order valence-electron chi connectivity index (χ3n) is 3.75. The van der Waals surface area contributed by atoms with Crippen molar-refractivity contribution in [2.75, 3.05) is 6.54 Å². The highest BCUT2D eigenvalue weighted by Gasteiger charge is 2.38. The summed E-state index contributed by atoms with van der Waals surface area (Å²) >= 11 is 0.